The molecule has 0 bridgehead atoms. The molecule has 4 heteroatoms. The lowest BCUT2D eigenvalue weighted by molar-refractivity contribution is 0.669. The normalized spacial score (nSPS) is 11.5. The van der Waals surface area contributed by atoms with Gasteiger partial charge in [-0.15, -0.1) is 0 Å². The minimum Gasteiger partial charge on any atom is -0.456 e. The van der Waals surface area contributed by atoms with Gasteiger partial charge in [0.15, 0.2) is 17.5 Å². The number of rotatable bonds is 5. The van der Waals surface area contributed by atoms with E-state index < -0.39 is 0 Å². The van der Waals surface area contributed by atoms with Crippen molar-refractivity contribution in [3.63, 3.8) is 0 Å². The Hall–Kier alpha value is -6.91. The van der Waals surface area contributed by atoms with Gasteiger partial charge in [0.25, 0.3) is 0 Å². The van der Waals surface area contributed by atoms with Crippen LogP contribution in [0.25, 0.3) is 99.9 Å². The maximum Gasteiger partial charge on any atom is 0.164 e. The van der Waals surface area contributed by atoms with E-state index in [1.54, 1.807) is 0 Å². The molecule has 51 heavy (non-hydrogen) atoms. The van der Waals surface area contributed by atoms with Crippen LogP contribution in [0, 0.1) is 0 Å². The van der Waals surface area contributed by atoms with E-state index in [0.29, 0.717) is 17.5 Å². The van der Waals surface area contributed by atoms with Gasteiger partial charge in [0, 0.05) is 32.8 Å². The van der Waals surface area contributed by atoms with Crippen LogP contribution in [0.2, 0.25) is 0 Å². The molecule has 10 aromatic rings. The minimum absolute atomic E-state index is 0.628. The summed E-state index contributed by atoms with van der Waals surface area (Å²) in [6, 6.07) is 61.0. The van der Waals surface area contributed by atoms with Crippen LogP contribution in [0.15, 0.2) is 180 Å². The molecule has 10 rings (SSSR count). The van der Waals surface area contributed by atoms with E-state index in [1.165, 1.54) is 0 Å². The number of benzene rings is 8. The average Bonchev–Trinajstić information content (AvgIpc) is 3.58. The van der Waals surface area contributed by atoms with Gasteiger partial charge in [-0.1, -0.05) is 152 Å². The molecular formula is C47H29N3O. The van der Waals surface area contributed by atoms with Gasteiger partial charge in [-0.2, -0.15) is 0 Å². The standard InChI is InChI=1S/C47H29N3O/c1-3-13-30(14-4-1)35-22-11-17-31-18-12-23-41(44(31)35)47-49-45(32-15-5-2-6-16-32)48-46(50-47)40-28-27-34(36-19-7-8-20-37(36)40)33-25-26-39-38-21-9-10-24-42(38)51-43(39)29-33/h1-29H. The molecule has 2 heterocycles. The van der Waals surface area contributed by atoms with Crippen LogP contribution in [0.1, 0.15) is 0 Å². The maximum atomic E-state index is 6.27. The number of aromatic nitrogens is 3. The fourth-order valence-electron chi connectivity index (χ4n) is 7.36. The first-order chi connectivity index (χ1) is 25.3. The molecule has 0 aliphatic carbocycles. The SMILES string of the molecule is c1ccc(-c2nc(-c3ccc(-c4ccc5c(c4)oc4ccccc45)c4ccccc34)nc(-c3cccc4cccc(-c5ccccc5)c34)n2)cc1. The van der Waals surface area contributed by atoms with Crippen molar-refractivity contribution in [2.24, 2.45) is 0 Å². The maximum absolute atomic E-state index is 6.27. The molecule has 2 aromatic heterocycles. The molecule has 8 aromatic carbocycles. The van der Waals surface area contributed by atoms with Crippen molar-refractivity contribution in [3.05, 3.63) is 176 Å². The number of fused-ring (bicyclic) bond motifs is 5. The molecule has 0 N–H and O–H groups in total. The Labute approximate surface area is 294 Å². The van der Waals surface area contributed by atoms with E-state index in [-0.39, 0.29) is 0 Å². The quantitative estimate of drug-likeness (QED) is 0.186. The van der Waals surface area contributed by atoms with Crippen LogP contribution >= 0.6 is 0 Å². The summed E-state index contributed by atoms with van der Waals surface area (Å²) in [5.74, 6) is 1.90. The van der Waals surface area contributed by atoms with Gasteiger partial charge in [-0.3, -0.25) is 0 Å². The molecule has 238 valence electrons. The molecule has 0 saturated heterocycles. The predicted octanol–water partition coefficient (Wildman–Crippen LogP) is 12.4. The second-order valence-electron chi connectivity index (χ2n) is 12.8. The zero-order valence-electron chi connectivity index (χ0n) is 27.5. The Morgan fingerprint density at radius 3 is 1.65 bits per heavy atom. The fourth-order valence-corrected chi connectivity index (χ4v) is 7.36. The summed E-state index contributed by atoms with van der Waals surface area (Å²) >= 11 is 0. The van der Waals surface area contributed by atoms with Gasteiger partial charge in [0.1, 0.15) is 11.2 Å². The van der Waals surface area contributed by atoms with E-state index in [4.69, 9.17) is 19.4 Å². The summed E-state index contributed by atoms with van der Waals surface area (Å²) < 4.78 is 6.27. The molecule has 0 radical (unpaired) electrons. The van der Waals surface area contributed by atoms with Crippen molar-refractivity contribution in [2.75, 3.05) is 0 Å². The first-order valence-electron chi connectivity index (χ1n) is 17.1. The number of hydrogen-bond donors (Lipinski definition) is 0. The highest BCUT2D eigenvalue weighted by Gasteiger charge is 2.19. The number of para-hydroxylation sites is 1. The van der Waals surface area contributed by atoms with Crippen molar-refractivity contribution in [1.29, 1.82) is 0 Å². The monoisotopic (exact) mass is 651 g/mol. The Kier molecular flexibility index (Phi) is 6.78. The van der Waals surface area contributed by atoms with Gasteiger partial charge in [-0.25, -0.2) is 15.0 Å². The largest absolute Gasteiger partial charge is 0.456 e. The summed E-state index contributed by atoms with van der Waals surface area (Å²) in [5.41, 5.74) is 9.12. The van der Waals surface area contributed by atoms with Gasteiger partial charge in [0.05, 0.1) is 0 Å². The lowest BCUT2D eigenvalue weighted by Gasteiger charge is -2.15. The van der Waals surface area contributed by atoms with Gasteiger partial charge in [-0.05, 0) is 62.7 Å². The van der Waals surface area contributed by atoms with E-state index in [9.17, 15) is 0 Å². The lowest BCUT2D eigenvalue weighted by atomic mass is 9.93. The van der Waals surface area contributed by atoms with Crippen molar-refractivity contribution in [3.8, 4) is 56.4 Å². The van der Waals surface area contributed by atoms with Crippen molar-refractivity contribution < 1.29 is 4.42 Å². The molecule has 4 nitrogen and oxygen atoms in total. The Bertz CT molecular complexity index is 2910. The highest BCUT2D eigenvalue weighted by molar-refractivity contribution is 6.09. The van der Waals surface area contributed by atoms with E-state index in [1.807, 2.05) is 36.4 Å². The Balaban J connectivity index is 1.19. The van der Waals surface area contributed by atoms with Crippen LogP contribution in [-0.4, -0.2) is 15.0 Å². The Morgan fingerprint density at radius 2 is 0.882 bits per heavy atom. The van der Waals surface area contributed by atoms with E-state index in [2.05, 4.69) is 140 Å². The zero-order chi connectivity index (χ0) is 33.7. The summed E-state index contributed by atoms with van der Waals surface area (Å²) in [6.07, 6.45) is 0. The first-order valence-corrected chi connectivity index (χ1v) is 17.1. The second-order valence-corrected chi connectivity index (χ2v) is 12.8. The topological polar surface area (TPSA) is 51.8 Å². The van der Waals surface area contributed by atoms with Crippen LogP contribution in [0.5, 0.6) is 0 Å². The Morgan fingerprint density at radius 1 is 0.314 bits per heavy atom. The molecule has 0 aliphatic rings. The van der Waals surface area contributed by atoms with Gasteiger partial charge < -0.3 is 4.42 Å². The van der Waals surface area contributed by atoms with Crippen molar-refractivity contribution >= 4 is 43.5 Å². The fraction of sp³-hybridized carbons (Fsp3) is 0. The lowest BCUT2D eigenvalue weighted by Crippen LogP contribution is -2.01. The number of nitrogens with zero attached hydrogens (tertiary/aromatic N) is 3. The molecule has 0 spiro atoms. The third-order valence-corrected chi connectivity index (χ3v) is 9.75. The third-order valence-electron chi connectivity index (χ3n) is 9.75. The van der Waals surface area contributed by atoms with Gasteiger partial charge >= 0.3 is 0 Å². The molecule has 0 amide bonds. The first kappa shape index (κ1) is 29.0. The summed E-state index contributed by atoms with van der Waals surface area (Å²) in [4.78, 5) is 15.5. The van der Waals surface area contributed by atoms with Gasteiger partial charge in [0.2, 0.25) is 0 Å². The second kappa shape index (κ2) is 11.9. The smallest absolute Gasteiger partial charge is 0.164 e. The van der Waals surface area contributed by atoms with Crippen LogP contribution in [-0.2, 0) is 0 Å². The van der Waals surface area contributed by atoms with Crippen LogP contribution in [0.3, 0.4) is 0 Å². The summed E-state index contributed by atoms with van der Waals surface area (Å²) in [6.45, 7) is 0. The average molecular weight is 652 g/mol. The molecule has 0 fully saturated rings. The number of furan rings is 1. The molecule has 0 atom stereocenters. The van der Waals surface area contributed by atoms with Crippen LogP contribution < -0.4 is 0 Å². The highest BCUT2D eigenvalue weighted by atomic mass is 16.3. The molecular weight excluding hydrogens is 623 g/mol. The minimum atomic E-state index is 0.628. The molecule has 0 aliphatic heterocycles. The highest BCUT2D eigenvalue weighted by Crippen LogP contribution is 2.40. The van der Waals surface area contributed by atoms with Crippen LogP contribution in [0.4, 0.5) is 0 Å². The predicted molar refractivity (Wildman–Crippen MR) is 209 cm³/mol. The summed E-state index contributed by atoms with van der Waals surface area (Å²) in [7, 11) is 0. The van der Waals surface area contributed by atoms with E-state index in [0.717, 1.165) is 82.4 Å². The molecule has 0 saturated carbocycles. The molecule has 0 unspecified atom stereocenters. The zero-order valence-corrected chi connectivity index (χ0v) is 27.5. The number of hydrogen-bond acceptors (Lipinski definition) is 4. The summed E-state index contributed by atoms with van der Waals surface area (Å²) in [5, 5.41) is 6.67. The third kappa shape index (κ3) is 4.96. The van der Waals surface area contributed by atoms with Crippen molar-refractivity contribution in [1.82, 2.24) is 15.0 Å². The van der Waals surface area contributed by atoms with E-state index >= 15 is 0 Å². The van der Waals surface area contributed by atoms with Crippen molar-refractivity contribution in [2.45, 2.75) is 0 Å².